The Bertz CT molecular complexity index is 486. The van der Waals surface area contributed by atoms with Gasteiger partial charge in [-0.25, -0.2) is 8.42 Å². The number of nitrogens with zero attached hydrogens (tertiary/aromatic N) is 2. The largest absolute Gasteiger partial charge is 0.326 e. The zero-order valence-corrected chi connectivity index (χ0v) is 11.9. The van der Waals surface area contributed by atoms with Gasteiger partial charge in [-0.15, -0.1) is 0 Å². The lowest BCUT2D eigenvalue weighted by atomic mass is 10.2. The van der Waals surface area contributed by atoms with Crippen LogP contribution in [0.2, 0.25) is 0 Å². The zero-order valence-electron chi connectivity index (χ0n) is 11.1. The van der Waals surface area contributed by atoms with Gasteiger partial charge in [0, 0.05) is 26.7 Å². The number of nitrogens with two attached hydrogens (primary N) is 1. The van der Waals surface area contributed by atoms with Crippen molar-refractivity contribution >= 4 is 10.0 Å². The Balaban J connectivity index is 2.91. The number of hydrogen-bond acceptors (Lipinski definition) is 4. The van der Waals surface area contributed by atoms with Crippen molar-refractivity contribution in [3.8, 4) is 0 Å². The third-order valence-corrected chi connectivity index (χ3v) is 4.56. The van der Waals surface area contributed by atoms with Gasteiger partial charge in [-0.2, -0.15) is 4.31 Å². The van der Waals surface area contributed by atoms with Crippen molar-refractivity contribution in [3.05, 3.63) is 29.8 Å². The Morgan fingerprint density at radius 3 is 2.39 bits per heavy atom. The molecule has 6 heteroatoms. The molecule has 0 radical (unpaired) electrons. The van der Waals surface area contributed by atoms with E-state index in [4.69, 9.17) is 5.73 Å². The van der Waals surface area contributed by atoms with Crippen LogP contribution in [0.4, 0.5) is 0 Å². The highest BCUT2D eigenvalue weighted by Gasteiger charge is 2.20. The van der Waals surface area contributed by atoms with Crippen molar-refractivity contribution in [1.29, 1.82) is 0 Å². The van der Waals surface area contributed by atoms with Gasteiger partial charge >= 0.3 is 0 Å². The van der Waals surface area contributed by atoms with Crippen molar-refractivity contribution in [2.75, 3.05) is 34.2 Å². The van der Waals surface area contributed by atoms with Crippen LogP contribution in [0.5, 0.6) is 0 Å². The van der Waals surface area contributed by atoms with E-state index in [1.807, 2.05) is 25.1 Å². The maximum absolute atomic E-state index is 12.3. The minimum atomic E-state index is -3.42. The predicted octanol–water partition coefficient (Wildman–Crippen LogP) is 0.327. The maximum Gasteiger partial charge on any atom is 0.242 e. The quantitative estimate of drug-likeness (QED) is 0.809. The smallest absolute Gasteiger partial charge is 0.242 e. The summed E-state index contributed by atoms with van der Waals surface area (Å²) in [4.78, 5) is 2.24. The molecule has 0 amide bonds. The van der Waals surface area contributed by atoms with Gasteiger partial charge in [-0.3, -0.25) is 0 Å². The minimum absolute atomic E-state index is 0.298. The first kappa shape index (κ1) is 15.1. The van der Waals surface area contributed by atoms with Gasteiger partial charge in [0.25, 0.3) is 0 Å². The van der Waals surface area contributed by atoms with Gasteiger partial charge < -0.3 is 10.6 Å². The van der Waals surface area contributed by atoms with E-state index in [0.29, 0.717) is 24.5 Å². The molecule has 102 valence electrons. The summed E-state index contributed by atoms with van der Waals surface area (Å²) in [6, 6.07) is 6.76. The van der Waals surface area contributed by atoms with E-state index >= 15 is 0 Å². The molecule has 0 aliphatic rings. The molecule has 1 aromatic carbocycles. The van der Waals surface area contributed by atoms with Gasteiger partial charge in [-0.05, 0) is 31.8 Å². The van der Waals surface area contributed by atoms with Crippen molar-refractivity contribution in [2.24, 2.45) is 5.73 Å². The Kier molecular flexibility index (Phi) is 5.28. The molecule has 0 spiro atoms. The lowest BCUT2D eigenvalue weighted by Crippen LogP contribution is -2.33. The van der Waals surface area contributed by atoms with Gasteiger partial charge in [0.05, 0.1) is 4.90 Å². The van der Waals surface area contributed by atoms with E-state index in [1.54, 1.807) is 25.2 Å². The molecule has 0 saturated heterocycles. The van der Waals surface area contributed by atoms with Crippen LogP contribution in [-0.2, 0) is 16.6 Å². The summed E-state index contributed by atoms with van der Waals surface area (Å²) < 4.78 is 25.9. The first-order valence-corrected chi connectivity index (χ1v) is 7.22. The average Bonchev–Trinajstić information content (AvgIpc) is 2.35. The predicted molar refractivity (Wildman–Crippen MR) is 72.7 cm³/mol. The molecule has 0 bridgehead atoms. The normalized spacial score (nSPS) is 12.3. The topological polar surface area (TPSA) is 66.6 Å². The molecule has 0 unspecified atom stereocenters. The van der Waals surface area contributed by atoms with Crippen LogP contribution >= 0.6 is 0 Å². The second-order valence-corrected chi connectivity index (χ2v) is 6.53. The molecule has 5 nitrogen and oxygen atoms in total. The molecule has 0 heterocycles. The first-order valence-electron chi connectivity index (χ1n) is 5.78. The molecular formula is C12H21N3O2S. The SMILES string of the molecule is CN(C)CCN(C)S(=O)(=O)c1cccc(CN)c1. The number of likely N-dealkylation sites (N-methyl/N-ethyl adjacent to an activating group) is 2. The summed E-state index contributed by atoms with van der Waals surface area (Å²) in [6.07, 6.45) is 0. The zero-order chi connectivity index (χ0) is 13.8. The fraction of sp³-hybridized carbons (Fsp3) is 0.500. The molecule has 1 rings (SSSR count). The van der Waals surface area contributed by atoms with Crippen molar-refractivity contribution < 1.29 is 8.42 Å². The highest BCUT2D eigenvalue weighted by atomic mass is 32.2. The number of benzene rings is 1. The molecule has 0 saturated carbocycles. The lowest BCUT2D eigenvalue weighted by molar-refractivity contribution is 0.358. The molecule has 0 atom stereocenters. The van der Waals surface area contributed by atoms with E-state index in [1.165, 1.54) is 4.31 Å². The summed E-state index contributed by atoms with van der Waals surface area (Å²) in [5, 5.41) is 0. The van der Waals surface area contributed by atoms with Gasteiger partial charge in [-0.1, -0.05) is 12.1 Å². The summed E-state index contributed by atoms with van der Waals surface area (Å²) in [6.45, 7) is 1.49. The van der Waals surface area contributed by atoms with Crippen molar-refractivity contribution in [2.45, 2.75) is 11.4 Å². The lowest BCUT2D eigenvalue weighted by Gasteiger charge is -2.19. The van der Waals surface area contributed by atoms with Crippen LogP contribution in [0.1, 0.15) is 5.56 Å². The molecule has 2 N–H and O–H groups in total. The monoisotopic (exact) mass is 271 g/mol. The Morgan fingerprint density at radius 2 is 1.83 bits per heavy atom. The van der Waals surface area contributed by atoms with Crippen molar-refractivity contribution in [3.63, 3.8) is 0 Å². The molecule has 0 aliphatic carbocycles. The van der Waals surface area contributed by atoms with E-state index in [0.717, 1.165) is 5.56 Å². The minimum Gasteiger partial charge on any atom is -0.326 e. The van der Waals surface area contributed by atoms with Gasteiger partial charge in [0.2, 0.25) is 10.0 Å². The number of rotatable bonds is 6. The third-order valence-electron chi connectivity index (χ3n) is 2.70. The van der Waals surface area contributed by atoms with Gasteiger partial charge in [0.1, 0.15) is 0 Å². The third kappa shape index (κ3) is 3.78. The van der Waals surface area contributed by atoms with Crippen LogP contribution in [0.15, 0.2) is 29.2 Å². The van der Waals surface area contributed by atoms with Crippen LogP contribution < -0.4 is 5.73 Å². The van der Waals surface area contributed by atoms with Gasteiger partial charge in [0.15, 0.2) is 0 Å². The Hall–Kier alpha value is -0.950. The van der Waals surface area contributed by atoms with E-state index in [-0.39, 0.29) is 0 Å². The van der Waals surface area contributed by atoms with Crippen LogP contribution in [-0.4, -0.2) is 51.9 Å². The Morgan fingerprint density at radius 1 is 1.17 bits per heavy atom. The number of sulfonamides is 1. The summed E-state index contributed by atoms with van der Waals surface area (Å²) in [5.74, 6) is 0. The van der Waals surface area contributed by atoms with Crippen LogP contribution in [0.25, 0.3) is 0 Å². The van der Waals surface area contributed by atoms with Crippen LogP contribution in [0.3, 0.4) is 0 Å². The maximum atomic E-state index is 12.3. The van der Waals surface area contributed by atoms with E-state index < -0.39 is 10.0 Å². The standard InChI is InChI=1S/C12H21N3O2S/c1-14(2)7-8-15(3)18(16,17)12-6-4-5-11(9-12)10-13/h4-6,9H,7-8,10,13H2,1-3H3. The molecule has 1 aromatic rings. The fourth-order valence-electron chi connectivity index (χ4n) is 1.47. The summed E-state index contributed by atoms with van der Waals surface area (Å²) >= 11 is 0. The fourth-order valence-corrected chi connectivity index (χ4v) is 2.71. The van der Waals surface area contributed by atoms with Crippen LogP contribution in [0, 0.1) is 0 Å². The first-order chi connectivity index (χ1) is 8.37. The highest BCUT2D eigenvalue weighted by Crippen LogP contribution is 2.15. The summed E-state index contributed by atoms with van der Waals surface area (Å²) in [5.41, 5.74) is 6.34. The highest BCUT2D eigenvalue weighted by molar-refractivity contribution is 7.89. The van der Waals surface area contributed by atoms with Crippen molar-refractivity contribution in [1.82, 2.24) is 9.21 Å². The second kappa shape index (κ2) is 6.29. The molecule has 0 aliphatic heterocycles. The van der Waals surface area contributed by atoms with E-state index in [9.17, 15) is 8.42 Å². The molecule has 0 aromatic heterocycles. The average molecular weight is 271 g/mol. The molecular weight excluding hydrogens is 250 g/mol. The Labute approximate surface area is 109 Å². The molecule has 18 heavy (non-hydrogen) atoms. The summed E-state index contributed by atoms with van der Waals surface area (Å²) in [7, 11) is 2.00. The molecule has 0 fully saturated rings. The van der Waals surface area contributed by atoms with E-state index in [2.05, 4.69) is 0 Å². The number of hydrogen-bond donors (Lipinski definition) is 1. The second-order valence-electron chi connectivity index (χ2n) is 4.48.